The highest BCUT2D eigenvalue weighted by atomic mass is 16.5. The number of aryl methyl sites for hydroxylation is 1. The summed E-state index contributed by atoms with van der Waals surface area (Å²) >= 11 is 0. The van der Waals surface area contributed by atoms with Crippen LogP contribution in [0, 0.1) is 11.8 Å². The largest absolute Gasteiger partial charge is 0.493 e. The third-order valence-electron chi connectivity index (χ3n) is 6.66. The molecular formula is C22H28N4O3. The molecule has 4 atom stereocenters. The predicted octanol–water partition coefficient (Wildman–Crippen LogP) is 2.21. The van der Waals surface area contributed by atoms with E-state index in [0.717, 1.165) is 56.7 Å². The number of aromatic nitrogens is 2. The van der Waals surface area contributed by atoms with E-state index in [4.69, 9.17) is 15.2 Å². The van der Waals surface area contributed by atoms with E-state index in [-0.39, 0.29) is 6.10 Å². The van der Waals surface area contributed by atoms with Crippen LogP contribution in [0.15, 0.2) is 24.3 Å². The summed E-state index contributed by atoms with van der Waals surface area (Å²) in [5.41, 5.74) is 8.36. The molecule has 2 aromatic rings. The number of benzene rings is 1. The van der Waals surface area contributed by atoms with Gasteiger partial charge in [0.05, 0.1) is 18.9 Å². The second kappa shape index (κ2) is 7.37. The minimum absolute atomic E-state index is 0.228. The highest BCUT2D eigenvalue weighted by Gasteiger charge is 2.44. The molecule has 2 heterocycles. The fraction of sp³-hybridized carbons (Fsp3) is 0.545. The molecule has 0 radical (unpaired) electrons. The van der Waals surface area contributed by atoms with Crippen LogP contribution in [0.3, 0.4) is 0 Å². The van der Waals surface area contributed by atoms with Gasteiger partial charge in [-0.05, 0) is 56.1 Å². The Bertz CT molecular complexity index is 906. The van der Waals surface area contributed by atoms with Crippen molar-refractivity contribution in [2.75, 3.05) is 30.8 Å². The van der Waals surface area contributed by atoms with Gasteiger partial charge in [-0.2, -0.15) is 4.98 Å². The maximum Gasteiger partial charge on any atom is 0.222 e. The third-order valence-corrected chi connectivity index (χ3v) is 6.66. The molecule has 3 N–H and O–H groups in total. The molecule has 1 saturated carbocycles. The zero-order chi connectivity index (χ0) is 20.0. The van der Waals surface area contributed by atoms with Crippen molar-refractivity contribution in [3.05, 3.63) is 35.5 Å². The average molecular weight is 396 g/mol. The van der Waals surface area contributed by atoms with Gasteiger partial charge in [-0.25, -0.2) is 4.98 Å². The topological polar surface area (TPSA) is 93.7 Å². The van der Waals surface area contributed by atoms with Crippen molar-refractivity contribution in [1.29, 1.82) is 0 Å². The molecule has 2 fully saturated rings. The normalized spacial score (nSPS) is 28.1. The van der Waals surface area contributed by atoms with Crippen LogP contribution in [0.4, 0.5) is 11.8 Å². The van der Waals surface area contributed by atoms with Crippen molar-refractivity contribution >= 4 is 11.8 Å². The smallest absolute Gasteiger partial charge is 0.222 e. The molecule has 3 aliphatic rings. The number of nitrogen functional groups attached to an aromatic ring is 1. The number of anilines is 2. The fourth-order valence-electron chi connectivity index (χ4n) is 5.26. The van der Waals surface area contributed by atoms with E-state index < -0.39 is 6.10 Å². The second-order valence-corrected chi connectivity index (χ2v) is 8.46. The van der Waals surface area contributed by atoms with Gasteiger partial charge < -0.3 is 25.2 Å². The van der Waals surface area contributed by atoms with Crippen molar-refractivity contribution < 1.29 is 14.6 Å². The van der Waals surface area contributed by atoms with Gasteiger partial charge in [0.1, 0.15) is 11.9 Å². The summed E-state index contributed by atoms with van der Waals surface area (Å²) in [5, 5.41) is 10.8. The van der Waals surface area contributed by atoms with Crippen LogP contribution in [-0.2, 0) is 12.8 Å². The molecule has 7 heteroatoms. The Morgan fingerprint density at radius 3 is 2.62 bits per heavy atom. The molecule has 154 valence electrons. The van der Waals surface area contributed by atoms with Gasteiger partial charge in [0, 0.05) is 18.7 Å². The van der Waals surface area contributed by atoms with Gasteiger partial charge in [0.2, 0.25) is 5.95 Å². The Morgan fingerprint density at radius 2 is 1.83 bits per heavy atom. The molecule has 0 amide bonds. The molecule has 2 aliphatic carbocycles. The summed E-state index contributed by atoms with van der Waals surface area (Å²) in [5.74, 6) is 3.67. The maximum atomic E-state index is 10.8. The predicted molar refractivity (Wildman–Crippen MR) is 110 cm³/mol. The monoisotopic (exact) mass is 396 g/mol. The Labute approximate surface area is 170 Å². The van der Waals surface area contributed by atoms with Crippen LogP contribution in [-0.4, -0.2) is 47.5 Å². The number of nitrogens with two attached hydrogens (primary N) is 1. The molecule has 5 rings (SSSR count). The lowest BCUT2D eigenvalue weighted by Gasteiger charge is -2.35. The second-order valence-electron chi connectivity index (χ2n) is 8.46. The SMILES string of the molecule is COc1ccccc1O[C@@H]1C[C@@H]2CN(c3nc(N)nc4c3CCC4)C[C@@H]2C[C@H]1O. The Kier molecular flexibility index (Phi) is 4.70. The molecule has 1 saturated heterocycles. The fourth-order valence-corrected chi connectivity index (χ4v) is 5.26. The number of nitrogens with zero attached hydrogens (tertiary/aromatic N) is 3. The number of hydrogen-bond donors (Lipinski definition) is 2. The molecule has 7 nitrogen and oxygen atoms in total. The highest BCUT2D eigenvalue weighted by Crippen LogP contribution is 2.42. The molecular weight excluding hydrogens is 368 g/mol. The number of aliphatic hydroxyl groups is 1. The number of methoxy groups -OCH3 is 1. The van der Waals surface area contributed by atoms with Crippen LogP contribution in [0.1, 0.15) is 30.5 Å². The lowest BCUT2D eigenvalue weighted by Crippen LogP contribution is -2.42. The van der Waals surface area contributed by atoms with Crippen molar-refractivity contribution in [1.82, 2.24) is 9.97 Å². The van der Waals surface area contributed by atoms with Crippen molar-refractivity contribution in [3.63, 3.8) is 0 Å². The number of ether oxygens (including phenoxy) is 2. The third kappa shape index (κ3) is 3.37. The van der Waals surface area contributed by atoms with E-state index in [1.807, 2.05) is 24.3 Å². The lowest BCUT2D eigenvalue weighted by atomic mass is 9.78. The first kappa shape index (κ1) is 18.5. The number of aliphatic hydroxyl groups excluding tert-OH is 1. The first-order valence-corrected chi connectivity index (χ1v) is 10.5. The summed E-state index contributed by atoms with van der Waals surface area (Å²) in [4.78, 5) is 11.4. The summed E-state index contributed by atoms with van der Waals surface area (Å²) in [7, 11) is 1.64. The highest BCUT2D eigenvalue weighted by molar-refractivity contribution is 5.54. The number of hydrogen-bond acceptors (Lipinski definition) is 7. The molecule has 0 spiro atoms. The lowest BCUT2D eigenvalue weighted by molar-refractivity contribution is -0.0240. The summed E-state index contributed by atoms with van der Waals surface area (Å²) in [6.07, 6.45) is 3.99. The number of para-hydroxylation sites is 2. The van der Waals surface area contributed by atoms with Crippen LogP contribution in [0.2, 0.25) is 0 Å². The molecule has 0 unspecified atom stereocenters. The first-order valence-electron chi connectivity index (χ1n) is 10.5. The Hall–Kier alpha value is -2.54. The maximum absolute atomic E-state index is 10.8. The van der Waals surface area contributed by atoms with Crippen LogP contribution >= 0.6 is 0 Å². The Morgan fingerprint density at radius 1 is 1.07 bits per heavy atom. The molecule has 29 heavy (non-hydrogen) atoms. The van der Waals surface area contributed by atoms with E-state index in [9.17, 15) is 5.11 Å². The van der Waals surface area contributed by atoms with E-state index in [0.29, 0.717) is 29.3 Å². The quantitative estimate of drug-likeness (QED) is 0.818. The van der Waals surface area contributed by atoms with Gasteiger partial charge in [-0.15, -0.1) is 0 Å². The molecule has 1 aliphatic heterocycles. The van der Waals surface area contributed by atoms with Crippen molar-refractivity contribution in [3.8, 4) is 11.5 Å². The molecule has 1 aromatic carbocycles. The molecule has 1 aromatic heterocycles. The first-order chi connectivity index (χ1) is 14.1. The van der Waals surface area contributed by atoms with Gasteiger partial charge >= 0.3 is 0 Å². The standard InChI is InChI=1S/C22H28N4O3/c1-28-18-7-2-3-8-19(18)29-20-10-14-12-26(11-13(14)9-17(20)27)21-15-5-4-6-16(15)24-22(23)25-21/h2-3,7-8,13-14,17,20,27H,4-6,9-12H2,1H3,(H2,23,24,25)/t13-,14+,17+,20+/m0/s1. The van der Waals surface area contributed by atoms with E-state index in [2.05, 4.69) is 14.9 Å². The zero-order valence-electron chi connectivity index (χ0n) is 16.8. The van der Waals surface area contributed by atoms with Gasteiger partial charge in [-0.3, -0.25) is 0 Å². The minimum atomic E-state index is -0.484. The van der Waals surface area contributed by atoms with Crippen molar-refractivity contribution in [2.45, 2.75) is 44.3 Å². The van der Waals surface area contributed by atoms with Gasteiger partial charge in [-0.1, -0.05) is 12.1 Å². The van der Waals surface area contributed by atoms with E-state index in [1.165, 1.54) is 5.56 Å². The Balaban J connectivity index is 1.33. The van der Waals surface area contributed by atoms with Gasteiger partial charge in [0.25, 0.3) is 0 Å². The van der Waals surface area contributed by atoms with Crippen LogP contribution in [0.25, 0.3) is 0 Å². The summed E-state index contributed by atoms with van der Waals surface area (Å²) < 4.78 is 11.6. The molecule has 0 bridgehead atoms. The number of fused-ring (bicyclic) bond motifs is 2. The average Bonchev–Trinajstić information content (AvgIpc) is 3.34. The van der Waals surface area contributed by atoms with Crippen LogP contribution < -0.4 is 20.1 Å². The minimum Gasteiger partial charge on any atom is -0.493 e. The van der Waals surface area contributed by atoms with Gasteiger partial charge in [0.15, 0.2) is 11.5 Å². The van der Waals surface area contributed by atoms with Crippen molar-refractivity contribution in [2.24, 2.45) is 11.8 Å². The summed E-state index contributed by atoms with van der Waals surface area (Å²) in [6.45, 7) is 1.83. The number of rotatable bonds is 4. The van der Waals surface area contributed by atoms with E-state index in [1.54, 1.807) is 7.11 Å². The van der Waals surface area contributed by atoms with Crippen LogP contribution in [0.5, 0.6) is 11.5 Å². The van der Waals surface area contributed by atoms with E-state index >= 15 is 0 Å². The summed E-state index contributed by atoms with van der Waals surface area (Å²) in [6, 6.07) is 7.61. The zero-order valence-corrected chi connectivity index (χ0v) is 16.8.